The Labute approximate surface area is 211 Å². The van der Waals surface area contributed by atoms with Crippen molar-refractivity contribution in [1.82, 2.24) is 24.6 Å². The fourth-order valence-corrected chi connectivity index (χ4v) is 6.44. The lowest BCUT2D eigenvalue weighted by Crippen LogP contribution is -2.63. The summed E-state index contributed by atoms with van der Waals surface area (Å²) in [6, 6.07) is 8.38. The molecular formula is C28H35FN6O. The molecule has 3 aliphatic rings. The number of likely N-dealkylation sites (tertiary alicyclic amines) is 2. The molecule has 4 heterocycles. The van der Waals surface area contributed by atoms with Crippen LogP contribution in [0.2, 0.25) is 0 Å². The average molecular weight is 491 g/mol. The van der Waals surface area contributed by atoms with E-state index in [1.165, 1.54) is 25.0 Å². The summed E-state index contributed by atoms with van der Waals surface area (Å²) >= 11 is 0. The highest BCUT2D eigenvalue weighted by molar-refractivity contribution is 5.95. The van der Waals surface area contributed by atoms with E-state index in [4.69, 9.17) is 0 Å². The predicted molar refractivity (Wildman–Crippen MR) is 139 cm³/mol. The second kappa shape index (κ2) is 9.56. The molecule has 7 nitrogen and oxygen atoms in total. The number of hydrogen-bond donors (Lipinski definition) is 1. The van der Waals surface area contributed by atoms with E-state index in [9.17, 15) is 9.18 Å². The molecule has 1 saturated carbocycles. The van der Waals surface area contributed by atoms with Gasteiger partial charge in [0.15, 0.2) is 0 Å². The van der Waals surface area contributed by atoms with E-state index >= 15 is 0 Å². The summed E-state index contributed by atoms with van der Waals surface area (Å²) in [5.41, 5.74) is 3.77. The lowest BCUT2D eigenvalue weighted by atomic mass is 9.57. The maximum Gasteiger partial charge on any atom is 0.228 e. The third-order valence-electron chi connectivity index (χ3n) is 8.42. The minimum Gasteiger partial charge on any atom is -0.310 e. The van der Waals surface area contributed by atoms with Gasteiger partial charge >= 0.3 is 0 Å². The number of amides is 1. The van der Waals surface area contributed by atoms with Crippen molar-refractivity contribution in [3.63, 3.8) is 0 Å². The van der Waals surface area contributed by atoms with E-state index in [1.54, 1.807) is 0 Å². The summed E-state index contributed by atoms with van der Waals surface area (Å²) in [5.74, 6) is 0.663. The quantitative estimate of drug-likeness (QED) is 0.537. The van der Waals surface area contributed by atoms with Gasteiger partial charge in [0.05, 0.1) is 11.9 Å². The van der Waals surface area contributed by atoms with Crippen LogP contribution in [0.15, 0.2) is 36.7 Å². The molecule has 2 aromatic heterocycles. The van der Waals surface area contributed by atoms with Crippen molar-refractivity contribution in [2.45, 2.75) is 38.6 Å². The zero-order valence-corrected chi connectivity index (χ0v) is 21.0. The molecule has 1 aromatic carbocycles. The minimum atomic E-state index is -0.296. The summed E-state index contributed by atoms with van der Waals surface area (Å²) in [4.78, 5) is 22.0. The lowest BCUT2D eigenvalue weighted by Gasteiger charge is -2.58. The van der Waals surface area contributed by atoms with Crippen LogP contribution >= 0.6 is 0 Å². The number of aromatic nitrogens is 3. The molecule has 2 saturated heterocycles. The summed E-state index contributed by atoms with van der Waals surface area (Å²) in [5, 5.41) is 9.71. The fourth-order valence-electron chi connectivity index (χ4n) is 6.44. The Morgan fingerprint density at radius 1 is 1.08 bits per heavy atom. The standard InChI is InChI=1S/C28H35FN6O/c1-33-25(17-34-8-3-2-4-9-34)24(16-31-33)20-5-6-21-15-30-26(12-22(21)11-20)32-27(36)23-13-28(14-23)18-35(19-28)10-7-29/h5-6,11-12,15-16,23H,2-4,7-10,13-14,17-19H2,1H3,(H,30,32,36). The van der Waals surface area contributed by atoms with Gasteiger partial charge < -0.3 is 5.32 Å². The number of rotatable bonds is 7. The maximum atomic E-state index is 12.9. The highest BCUT2D eigenvalue weighted by Crippen LogP contribution is 2.52. The van der Waals surface area contributed by atoms with E-state index in [2.05, 4.69) is 43.4 Å². The molecular weight excluding hydrogens is 455 g/mol. The number of halogens is 1. The number of carbonyl (C=O) groups is 1. The van der Waals surface area contributed by atoms with Gasteiger partial charge in [0, 0.05) is 56.3 Å². The van der Waals surface area contributed by atoms with Crippen molar-refractivity contribution in [2.75, 3.05) is 44.7 Å². The van der Waals surface area contributed by atoms with Crippen molar-refractivity contribution in [3.8, 4) is 11.1 Å². The molecule has 0 unspecified atom stereocenters. The Morgan fingerprint density at radius 3 is 2.67 bits per heavy atom. The molecule has 36 heavy (non-hydrogen) atoms. The molecule has 1 spiro atoms. The van der Waals surface area contributed by atoms with Crippen LogP contribution in [0.1, 0.15) is 37.8 Å². The third-order valence-corrected chi connectivity index (χ3v) is 8.42. The van der Waals surface area contributed by atoms with E-state index in [-0.39, 0.29) is 23.9 Å². The SMILES string of the molecule is Cn1ncc(-c2ccc3cnc(NC(=O)C4CC5(C4)CN(CCF)C5)cc3c2)c1CN1CCCCC1. The van der Waals surface area contributed by atoms with Crippen LogP contribution in [0.4, 0.5) is 10.2 Å². The molecule has 2 aliphatic heterocycles. The number of hydrogen-bond acceptors (Lipinski definition) is 5. The van der Waals surface area contributed by atoms with Crippen molar-refractivity contribution >= 4 is 22.5 Å². The van der Waals surface area contributed by atoms with Crippen LogP contribution in [-0.4, -0.2) is 69.9 Å². The first-order chi connectivity index (χ1) is 17.5. The molecule has 0 atom stereocenters. The van der Waals surface area contributed by atoms with Crippen LogP contribution < -0.4 is 5.32 Å². The van der Waals surface area contributed by atoms with Crippen LogP contribution in [0, 0.1) is 11.3 Å². The summed E-state index contributed by atoms with van der Waals surface area (Å²) in [7, 11) is 2.02. The Kier molecular flexibility index (Phi) is 6.25. The Hall–Kier alpha value is -2.84. The number of carbonyl (C=O) groups excluding carboxylic acids is 1. The number of fused-ring (bicyclic) bond motifs is 1. The van der Waals surface area contributed by atoms with Gasteiger partial charge in [0.2, 0.25) is 5.91 Å². The summed E-state index contributed by atoms with van der Waals surface area (Å²) in [6.07, 6.45) is 9.43. The number of nitrogens with zero attached hydrogens (tertiary/aromatic N) is 5. The van der Waals surface area contributed by atoms with Crippen molar-refractivity contribution in [2.24, 2.45) is 18.4 Å². The van der Waals surface area contributed by atoms with Crippen molar-refractivity contribution in [3.05, 3.63) is 42.4 Å². The second-order valence-corrected chi connectivity index (χ2v) is 11.1. The first-order valence-electron chi connectivity index (χ1n) is 13.2. The normalized spacial score (nSPS) is 20.4. The Morgan fingerprint density at radius 2 is 1.89 bits per heavy atom. The van der Waals surface area contributed by atoms with Gasteiger partial charge in [0.1, 0.15) is 12.5 Å². The second-order valence-electron chi connectivity index (χ2n) is 11.1. The molecule has 1 N–H and O–H groups in total. The smallest absolute Gasteiger partial charge is 0.228 e. The number of nitrogens with one attached hydrogen (secondary N) is 1. The number of aryl methyl sites for hydroxylation is 1. The first-order valence-corrected chi connectivity index (χ1v) is 13.2. The first kappa shape index (κ1) is 23.6. The van der Waals surface area contributed by atoms with Crippen molar-refractivity contribution in [1.29, 1.82) is 0 Å². The molecule has 6 rings (SSSR count). The number of alkyl halides is 1. The van der Waals surface area contributed by atoms with Gasteiger partial charge in [-0.2, -0.15) is 5.10 Å². The maximum absolute atomic E-state index is 12.9. The molecule has 8 heteroatoms. The van der Waals surface area contributed by atoms with Crippen LogP contribution in [0.5, 0.6) is 0 Å². The molecule has 3 aromatic rings. The highest BCUT2D eigenvalue weighted by Gasteiger charge is 2.53. The number of piperidine rings is 1. The van der Waals surface area contributed by atoms with Gasteiger partial charge in [-0.25, -0.2) is 9.37 Å². The topological polar surface area (TPSA) is 66.3 Å². The molecule has 0 bridgehead atoms. The monoisotopic (exact) mass is 490 g/mol. The zero-order valence-electron chi connectivity index (χ0n) is 21.0. The van der Waals surface area contributed by atoms with Crippen LogP contribution in [-0.2, 0) is 18.4 Å². The predicted octanol–water partition coefficient (Wildman–Crippen LogP) is 4.24. The van der Waals surface area contributed by atoms with Crippen LogP contribution in [0.25, 0.3) is 21.9 Å². The van der Waals surface area contributed by atoms with Gasteiger partial charge in [-0.1, -0.05) is 18.6 Å². The van der Waals surface area contributed by atoms with Gasteiger partial charge in [-0.3, -0.25) is 19.3 Å². The van der Waals surface area contributed by atoms with E-state index in [1.807, 2.05) is 30.2 Å². The van der Waals surface area contributed by atoms with Gasteiger partial charge in [-0.15, -0.1) is 0 Å². The lowest BCUT2D eigenvalue weighted by molar-refractivity contribution is -0.139. The molecule has 190 valence electrons. The molecule has 1 aliphatic carbocycles. The van der Waals surface area contributed by atoms with Crippen LogP contribution in [0.3, 0.4) is 0 Å². The molecule has 0 radical (unpaired) electrons. The highest BCUT2D eigenvalue weighted by atomic mass is 19.1. The minimum absolute atomic E-state index is 0.0223. The van der Waals surface area contributed by atoms with E-state index in [0.29, 0.717) is 12.4 Å². The van der Waals surface area contributed by atoms with Gasteiger partial charge in [0.25, 0.3) is 0 Å². The Bertz CT molecular complexity index is 1250. The fraction of sp³-hybridized carbons (Fsp3) is 0.536. The summed E-state index contributed by atoms with van der Waals surface area (Å²) in [6.45, 7) is 5.27. The summed E-state index contributed by atoms with van der Waals surface area (Å²) < 4.78 is 14.5. The van der Waals surface area contributed by atoms with Gasteiger partial charge in [-0.05, 0) is 67.3 Å². The molecule has 1 amide bonds. The van der Waals surface area contributed by atoms with E-state index in [0.717, 1.165) is 67.5 Å². The largest absolute Gasteiger partial charge is 0.310 e. The van der Waals surface area contributed by atoms with Crippen molar-refractivity contribution < 1.29 is 9.18 Å². The number of anilines is 1. The zero-order chi connectivity index (χ0) is 24.7. The molecule has 3 fully saturated rings. The third kappa shape index (κ3) is 4.52. The average Bonchev–Trinajstić information content (AvgIpc) is 3.19. The number of benzene rings is 1. The number of pyridine rings is 1. The Balaban J connectivity index is 1.15. The van der Waals surface area contributed by atoms with E-state index < -0.39 is 0 Å².